The molecule has 0 saturated heterocycles. The Kier molecular flexibility index (Phi) is 6.08. The highest BCUT2D eigenvalue weighted by atomic mass is 32.2. The van der Waals surface area contributed by atoms with Crippen LogP contribution in [0.2, 0.25) is 0 Å². The molecule has 136 valence electrons. The molecule has 0 aliphatic rings. The minimum Gasteiger partial charge on any atom is -0.461 e. The SMILES string of the molecule is CCn1c(SCC(=O)Nc2cccc(COC)c2)nnc1-c1ccco1. The van der Waals surface area contributed by atoms with Gasteiger partial charge in [-0.25, -0.2) is 0 Å². The van der Waals surface area contributed by atoms with E-state index in [0.29, 0.717) is 29.9 Å². The number of furan rings is 1. The number of anilines is 1. The molecule has 1 N–H and O–H groups in total. The highest BCUT2D eigenvalue weighted by molar-refractivity contribution is 7.99. The molecule has 1 amide bonds. The fourth-order valence-corrected chi connectivity index (χ4v) is 3.30. The van der Waals surface area contributed by atoms with Gasteiger partial charge in [-0.05, 0) is 36.8 Å². The highest BCUT2D eigenvalue weighted by Gasteiger charge is 2.16. The van der Waals surface area contributed by atoms with E-state index >= 15 is 0 Å². The van der Waals surface area contributed by atoms with Gasteiger partial charge < -0.3 is 14.5 Å². The second kappa shape index (κ2) is 8.68. The molecule has 7 nitrogen and oxygen atoms in total. The fourth-order valence-electron chi connectivity index (χ4n) is 2.50. The fraction of sp³-hybridized carbons (Fsp3) is 0.278. The smallest absolute Gasteiger partial charge is 0.234 e. The first-order valence-corrected chi connectivity index (χ1v) is 9.17. The Balaban J connectivity index is 1.62. The molecule has 1 aromatic carbocycles. The molecule has 0 bridgehead atoms. The lowest BCUT2D eigenvalue weighted by Gasteiger charge is -2.08. The molecule has 0 spiro atoms. The summed E-state index contributed by atoms with van der Waals surface area (Å²) >= 11 is 1.34. The minimum absolute atomic E-state index is 0.102. The zero-order chi connectivity index (χ0) is 18.4. The van der Waals surface area contributed by atoms with Gasteiger partial charge in [0.1, 0.15) is 0 Å². The Morgan fingerprint density at radius 1 is 1.31 bits per heavy atom. The average Bonchev–Trinajstić information content (AvgIpc) is 3.29. The Labute approximate surface area is 155 Å². The van der Waals surface area contributed by atoms with Gasteiger partial charge >= 0.3 is 0 Å². The van der Waals surface area contributed by atoms with E-state index in [1.54, 1.807) is 13.4 Å². The Hall–Kier alpha value is -2.58. The van der Waals surface area contributed by atoms with Crippen molar-refractivity contribution in [2.45, 2.75) is 25.2 Å². The maximum Gasteiger partial charge on any atom is 0.234 e. The summed E-state index contributed by atoms with van der Waals surface area (Å²) in [5, 5.41) is 11.9. The van der Waals surface area contributed by atoms with Crippen molar-refractivity contribution in [1.82, 2.24) is 14.8 Å². The van der Waals surface area contributed by atoms with Crippen LogP contribution in [-0.2, 0) is 22.7 Å². The normalized spacial score (nSPS) is 10.8. The molecule has 0 atom stereocenters. The maximum atomic E-state index is 12.3. The molecule has 0 aliphatic heterocycles. The van der Waals surface area contributed by atoms with Crippen molar-refractivity contribution < 1.29 is 13.9 Å². The van der Waals surface area contributed by atoms with E-state index in [1.165, 1.54) is 11.8 Å². The molecule has 8 heteroatoms. The number of hydrogen-bond acceptors (Lipinski definition) is 6. The van der Waals surface area contributed by atoms with Crippen LogP contribution in [0.1, 0.15) is 12.5 Å². The molecular weight excluding hydrogens is 352 g/mol. The predicted octanol–water partition coefficient (Wildman–Crippen LogP) is 3.44. The summed E-state index contributed by atoms with van der Waals surface area (Å²) < 4.78 is 12.4. The van der Waals surface area contributed by atoms with Crippen molar-refractivity contribution in [3.63, 3.8) is 0 Å². The maximum absolute atomic E-state index is 12.3. The number of methoxy groups -OCH3 is 1. The number of ether oxygens (including phenoxy) is 1. The standard InChI is InChI=1S/C18H20N4O3S/c1-3-22-17(15-8-5-9-25-15)20-21-18(22)26-12-16(23)19-14-7-4-6-13(10-14)11-24-2/h4-10H,3,11-12H2,1-2H3,(H,19,23). The lowest BCUT2D eigenvalue weighted by Crippen LogP contribution is -2.14. The minimum atomic E-state index is -0.102. The van der Waals surface area contributed by atoms with E-state index in [9.17, 15) is 4.79 Å². The summed E-state index contributed by atoms with van der Waals surface area (Å²) in [5.74, 6) is 1.46. The van der Waals surface area contributed by atoms with Crippen LogP contribution in [0.25, 0.3) is 11.6 Å². The molecule has 0 fully saturated rings. The third-order valence-corrected chi connectivity index (χ3v) is 4.60. The number of benzene rings is 1. The van der Waals surface area contributed by atoms with E-state index in [0.717, 1.165) is 11.3 Å². The van der Waals surface area contributed by atoms with Crippen LogP contribution in [0, 0.1) is 0 Å². The number of rotatable bonds is 8. The van der Waals surface area contributed by atoms with Gasteiger partial charge in [-0.3, -0.25) is 9.36 Å². The molecule has 0 aliphatic carbocycles. The molecular formula is C18H20N4O3S. The van der Waals surface area contributed by atoms with Crippen LogP contribution in [-0.4, -0.2) is 33.5 Å². The number of nitrogens with zero attached hydrogens (tertiary/aromatic N) is 3. The predicted molar refractivity (Wildman–Crippen MR) is 99.9 cm³/mol. The monoisotopic (exact) mass is 372 g/mol. The Morgan fingerprint density at radius 2 is 2.19 bits per heavy atom. The van der Waals surface area contributed by atoms with Gasteiger partial charge in [0.2, 0.25) is 5.91 Å². The molecule has 0 unspecified atom stereocenters. The summed E-state index contributed by atoms with van der Waals surface area (Å²) in [5.41, 5.74) is 1.75. The van der Waals surface area contributed by atoms with E-state index in [-0.39, 0.29) is 11.7 Å². The summed E-state index contributed by atoms with van der Waals surface area (Å²) in [4.78, 5) is 12.3. The second-order valence-corrected chi connectivity index (χ2v) is 6.44. The topological polar surface area (TPSA) is 82.2 Å². The number of nitrogens with one attached hydrogen (secondary N) is 1. The molecule has 26 heavy (non-hydrogen) atoms. The van der Waals surface area contributed by atoms with Crippen LogP contribution in [0.5, 0.6) is 0 Å². The van der Waals surface area contributed by atoms with Crippen molar-refractivity contribution in [3.05, 3.63) is 48.2 Å². The molecule has 0 saturated carbocycles. The zero-order valence-electron chi connectivity index (χ0n) is 14.6. The first-order chi connectivity index (χ1) is 12.7. The van der Waals surface area contributed by atoms with Crippen molar-refractivity contribution in [2.75, 3.05) is 18.2 Å². The summed E-state index contributed by atoms with van der Waals surface area (Å²) in [6.07, 6.45) is 1.60. The third-order valence-electron chi connectivity index (χ3n) is 3.63. The lowest BCUT2D eigenvalue weighted by atomic mass is 10.2. The van der Waals surface area contributed by atoms with Crippen LogP contribution >= 0.6 is 11.8 Å². The van der Waals surface area contributed by atoms with Crippen LogP contribution in [0.3, 0.4) is 0 Å². The number of amides is 1. The molecule has 2 aromatic heterocycles. The quantitative estimate of drug-likeness (QED) is 0.610. The van der Waals surface area contributed by atoms with Crippen molar-refractivity contribution in [1.29, 1.82) is 0 Å². The number of thioether (sulfide) groups is 1. The van der Waals surface area contributed by atoms with Crippen molar-refractivity contribution >= 4 is 23.4 Å². The van der Waals surface area contributed by atoms with Gasteiger partial charge in [-0.2, -0.15) is 0 Å². The van der Waals surface area contributed by atoms with Gasteiger partial charge in [-0.15, -0.1) is 10.2 Å². The van der Waals surface area contributed by atoms with Gasteiger partial charge in [0.25, 0.3) is 0 Å². The van der Waals surface area contributed by atoms with Crippen LogP contribution in [0.4, 0.5) is 5.69 Å². The van der Waals surface area contributed by atoms with Crippen LogP contribution < -0.4 is 5.32 Å². The summed E-state index contributed by atoms with van der Waals surface area (Å²) in [7, 11) is 1.64. The van der Waals surface area contributed by atoms with E-state index in [2.05, 4.69) is 15.5 Å². The zero-order valence-corrected chi connectivity index (χ0v) is 15.5. The van der Waals surface area contributed by atoms with Gasteiger partial charge in [0, 0.05) is 19.3 Å². The lowest BCUT2D eigenvalue weighted by molar-refractivity contribution is -0.113. The van der Waals surface area contributed by atoms with E-state index in [4.69, 9.17) is 9.15 Å². The number of carbonyl (C=O) groups is 1. The van der Waals surface area contributed by atoms with Crippen molar-refractivity contribution in [2.24, 2.45) is 0 Å². The number of hydrogen-bond donors (Lipinski definition) is 1. The molecule has 0 radical (unpaired) electrons. The first kappa shape index (κ1) is 18.2. The Bertz CT molecular complexity index is 861. The summed E-state index contributed by atoms with van der Waals surface area (Å²) in [6.45, 7) is 3.20. The molecule has 3 aromatic rings. The number of carbonyl (C=O) groups excluding carboxylic acids is 1. The third kappa shape index (κ3) is 4.33. The largest absolute Gasteiger partial charge is 0.461 e. The van der Waals surface area contributed by atoms with E-state index in [1.807, 2.05) is 47.9 Å². The van der Waals surface area contributed by atoms with Crippen molar-refractivity contribution in [3.8, 4) is 11.6 Å². The number of aromatic nitrogens is 3. The van der Waals surface area contributed by atoms with Gasteiger partial charge in [-0.1, -0.05) is 23.9 Å². The Morgan fingerprint density at radius 3 is 2.92 bits per heavy atom. The van der Waals surface area contributed by atoms with Gasteiger partial charge in [0.15, 0.2) is 16.7 Å². The molecule has 2 heterocycles. The average molecular weight is 372 g/mol. The summed E-state index contributed by atoms with van der Waals surface area (Å²) in [6, 6.07) is 11.2. The van der Waals surface area contributed by atoms with Gasteiger partial charge in [0.05, 0.1) is 18.6 Å². The second-order valence-electron chi connectivity index (χ2n) is 5.50. The van der Waals surface area contributed by atoms with Crippen LogP contribution in [0.15, 0.2) is 52.2 Å². The highest BCUT2D eigenvalue weighted by Crippen LogP contribution is 2.24. The van der Waals surface area contributed by atoms with E-state index < -0.39 is 0 Å². The molecule has 3 rings (SSSR count). The first-order valence-electron chi connectivity index (χ1n) is 8.19.